The number of benzene rings is 2. The van der Waals surface area contributed by atoms with Crippen LogP contribution in [0, 0.1) is 18.3 Å². The van der Waals surface area contributed by atoms with E-state index >= 15 is 0 Å². The van der Waals surface area contributed by atoms with E-state index in [1.165, 1.54) is 18.2 Å². The summed E-state index contributed by atoms with van der Waals surface area (Å²) in [6.07, 6.45) is 0. The van der Waals surface area contributed by atoms with E-state index in [-0.39, 0.29) is 11.4 Å². The largest absolute Gasteiger partial charge is 0.326 e. The second-order valence-electron chi connectivity index (χ2n) is 4.56. The number of hydrogen-bond donors (Lipinski definition) is 2. The molecule has 6 heteroatoms. The third-order valence-corrected chi connectivity index (χ3v) is 4.47. The summed E-state index contributed by atoms with van der Waals surface area (Å²) >= 11 is 0. The van der Waals surface area contributed by atoms with E-state index in [1.54, 1.807) is 31.2 Å². The van der Waals surface area contributed by atoms with Crippen molar-refractivity contribution in [3.63, 3.8) is 0 Å². The van der Waals surface area contributed by atoms with E-state index in [9.17, 15) is 8.42 Å². The maximum atomic E-state index is 12.4. The molecule has 0 saturated carbocycles. The van der Waals surface area contributed by atoms with Crippen LogP contribution >= 0.6 is 0 Å². The van der Waals surface area contributed by atoms with Crippen LogP contribution < -0.4 is 10.5 Å². The zero-order chi connectivity index (χ0) is 15.5. The molecule has 0 aliphatic carbocycles. The van der Waals surface area contributed by atoms with Gasteiger partial charge in [-0.3, -0.25) is 4.72 Å². The molecule has 0 atom stereocenters. The Bertz CT molecular complexity index is 808. The molecule has 0 aromatic heterocycles. The molecule has 2 rings (SSSR count). The van der Waals surface area contributed by atoms with Crippen LogP contribution in [0.15, 0.2) is 47.4 Å². The van der Waals surface area contributed by atoms with Gasteiger partial charge in [0.15, 0.2) is 0 Å². The summed E-state index contributed by atoms with van der Waals surface area (Å²) in [5.41, 5.74) is 7.85. The first-order valence-electron chi connectivity index (χ1n) is 6.29. The van der Waals surface area contributed by atoms with Crippen LogP contribution in [0.2, 0.25) is 0 Å². The lowest BCUT2D eigenvalue weighted by Crippen LogP contribution is -2.15. The maximum Gasteiger partial charge on any atom is 0.261 e. The molecule has 0 unspecified atom stereocenters. The van der Waals surface area contributed by atoms with E-state index in [1.807, 2.05) is 6.07 Å². The minimum absolute atomic E-state index is 0.117. The highest BCUT2D eigenvalue weighted by Crippen LogP contribution is 2.21. The topological polar surface area (TPSA) is 96.0 Å². The lowest BCUT2D eigenvalue weighted by atomic mass is 10.1. The average molecular weight is 301 g/mol. The van der Waals surface area contributed by atoms with Crippen LogP contribution in [0.3, 0.4) is 0 Å². The molecule has 0 aliphatic heterocycles. The van der Waals surface area contributed by atoms with Gasteiger partial charge in [-0.25, -0.2) is 8.42 Å². The van der Waals surface area contributed by atoms with Crippen molar-refractivity contribution < 1.29 is 8.42 Å². The third-order valence-electron chi connectivity index (χ3n) is 3.11. The molecule has 0 aliphatic rings. The number of para-hydroxylation sites is 1. The average Bonchev–Trinajstić information content (AvgIpc) is 2.47. The number of nitriles is 1. The molecule has 0 saturated heterocycles. The molecule has 2 aromatic rings. The fraction of sp³-hybridized carbons (Fsp3) is 0.133. The molecular formula is C15H15N3O2S. The van der Waals surface area contributed by atoms with Gasteiger partial charge in [0.25, 0.3) is 10.0 Å². The SMILES string of the molecule is Cc1cc(S(=O)(=O)Nc2ccccc2CN)ccc1C#N. The number of nitrogens with two attached hydrogens (primary N) is 1. The van der Waals surface area contributed by atoms with Crippen molar-refractivity contribution in [3.8, 4) is 6.07 Å². The molecule has 21 heavy (non-hydrogen) atoms. The highest BCUT2D eigenvalue weighted by Gasteiger charge is 2.16. The summed E-state index contributed by atoms with van der Waals surface area (Å²) in [5.74, 6) is 0. The highest BCUT2D eigenvalue weighted by molar-refractivity contribution is 7.92. The van der Waals surface area contributed by atoms with Crippen molar-refractivity contribution in [1.29, 1.82) is 5.26 Å². The Morgan fingerprint density at radius 1 is 1.24 bits per heavy atom. The van der Waals surface area contributed by atoms with E-state index < -0.39 is 10.0 Å². The molecule has 0 heterocycles. The van der Waals surface area contributed by atoms with Gasteiger partial charge in [0.2, 0.25) is 0 Å². The number of nitrogens with one attached hydrogen (secondary N) is 1. The Labute approximate surface area is 124 Å². The summed E-state index contributed by atoms with van der Waals surface area (Å²) in [6, 6.07) is 13.4. The summed E-state index contributed by atoms with van der Waals surface area (Å²) in [5, 5.41) is 8.89. The van der Waals surface area contributed by atoms with Crippen molar-refractivity contribution >= 4 is 15.7 Å². The maximum absolute atomic E-state index is 12.4. The molecule has 2 aromatic carbocycles. The van der Waals surface area contributed by atoms with Gasteiger partial charge in [0.05, 0.1) is 22.2 Å². The molecular weight excluding hydrogens is 286 g/mol. The summed E-state index contributed by atoms with van der Waals surface area (Å²) in [7, 11) is -3.71. The number of sulfonamides is 1. The van der Waals surface area contributed by atoms with Crippen LogP contribution in [-0.2, 0) is 16.6 Å². The fourth-order valence-corrected chi connectivity index (χ4v) is 3.12. The second-order valence-corrected chi connectivity index (χ2v) is 6.24. The molecule has 0 spiro atoms. The van der Waals surface area contributed by atoms with Gasteiger partial charge in [0, 0.05) is 6.54 Å². The van der Waals surface area contributed by atoms with Crippen LogP contribution in [0.25, 0.3) is 0 Å². The molecule has 0 radical (unpaired) electrons. The van der Waals surface area contributed by atoms with Gasteiger partial charge < -0.3 is 5.73 Å². The molecule has 0 fully saturated rings. The lowest BCUT2D eigenvalue weighted by Gasteiger charge is -2.12. The van der Waals surface area contributed by atoms with Crippen molar-refractivity contribution in [1.82, 2.24) is 0 Å². The van der Waals surface area contributed by atoms with Gasteiger partial charge in [0.1, 0.15) is 0 Å². The number of rotatable bonds is 4. The predicted molar refractivity (Wildman–Crippen MR) is 81.0 cm³/mol. The smallest absolute Gasteiger partial charge is 0.261 e. The van der Waals surface area contributed by atoms with E-state index in [2.05, 4.69) is 4.72 Å². The molecule has 3 N–H and O–H groups in total. The first-order valence-corrected chi connectivity index (χ1v) is 7.78. The Hall–Kier alpha value is -2.36. The van der Waals surface area contributed by atoms with Crippen molar-refractivity contribution in [3.05, 3.63) is 59.2 Å². The number of aryl methyl sites for hydroxylation is 1. The van der Waals surface area contributed by atoms with Crippen molar-refractivity contribution in [2.45, 2.75) is 18.4 Å². The highest BCUT2D eigenvalue weighted by atomic mass is 32.2. The molecule has 5 nitrogen and oxygen atoms in total. The van der Waals surface area contributed by atoms with Gasteiger partial charge in [-0.1, -0.05) is 18.2 Å². The Balaban J connectivity index is 2.39. The Morgan fingerprint density at radius 2 is 1.95 bits per heavy atom. The van der Waals surface area contributed by atoms with E-state index in [4.69, 9.17) is 11.0 Å². The van der Waals surface area contributed by atoms with Crippen LogP contribution in [0.5, 0.6) is 0 Å². The van der Waals surface area contributed by atoms with Gasteiger partial charge in [-0.05, 0) is 42.3 Å². The standard InChI is InChI=1S/C15H15N3O2S/c1-11-8-14(7-6-12(11)9-16)21(19,20)18-15-5-3-2-4-13(15)10-17/h2-8,18H,10,17H2,1H3. The summed E-state index contributed by atoms with van der Waals surface area (Å²) in [6.45, 7) is 1.94. The zero-order valence-electron chi connectivity index (χ0n) is 11.5. The monoisotopic (exact) mass is 301 g/mol. The normalized spacial score (nSPS) is 10.9. The Morgan fingerprint density at radius 3 is 2.57 bits per heavy atom. The molecule has 0 amide bonds. The first-order chi connectivity index (χ1) is 9.97. The third kappa shape index (κ3) is 3.21. The summed E-state index contributed by atoms with van der Waals surface area (Å²) < 4.78 is 27.3. The summed E-state index contributed by atoms with van der Waals surface area (Å²) in [4.78, 5) is 0.117. The minimum atomic E-state index is -3.71. The molecule has 108 valence electrons. The predicted octanol–water partition coefficient (Wildman–Crippen LogP) is 2.13. The number of nitrogens with zero attached hydrogens (tertiary/aromatic N) is 1. The van der Waals surface area contributed by atoms with Gasteiger partial charge >= 0.3 is 0 Å². The lowest BCUT2D eigenvalue weighted by molar-refractivity contribution is 0.601. The second kappa shape index (κ2) is 5.95. The van der Waals surface area contributed by atoms with Gasteiger partial charge in [-0.15, -0.1) is 0 Å². The minimum Gasteiger partial charge on any atom is -0.326 e. The van der Waals surface area contributed by atoms with Crippen molar-refractivity contribution in [2.75, 3.05) is 4.72 Å². The zero-order valence-corrected chi connectivity index (χ0v) is 12.3. The number of hydrogen-bond acceptors (Lipinski definition) is 4. The van der Waals surface area contributed by atoms with Crippen LogP contribution in [-0.4, -0.2) is 8.42 Å². The van der Waals surface area contributed by atoms with Gasteiger partial charge in [-0.2, -0.15) is 5.26 Å². The van der Waals surface area contributed by atoms with E-state index in [0.29, 0.717) is 22.4 Å². The first kappa shape index (κ1) is 15.0. The van der Waals surface area contributed by atoms with Crippen molar-refractivity contribution in [2.24, 2.45) is 5.73 Å². The van der Waals surface area contributed by atoms with E-state index in [0.717, 1.165) is 0 Å². The molecule has 0 bridgehead atoms. The van der Waals surface area contributed by atoms with Crippen LogP contribution in [0.4, 0.5) is 5.69 Å². The number of anilines is 1. The quantitative estimate of drug-likeness (QED) is 0.904. The van der Waals surface area contributed by atoms with Crippen LogP contribution in [0.1, 0.15) is 16.7 Å². The fourth-order valence-electron chi connectivity index (χ4n) is 1.93. The Kier molecular flexibility index (Phi) is 4.26.